The van der Waals surface area contributed by atoms with Gasteiger partial charge in [0.25, 0.3) is 0 Å². The molecule has 0 radical (unpaired) electrons. The fourth-order valence-electron chi connectivity index (χ4n) is 2.99. The lowest BCUT2D eigenvalue weighted by molar-refractivity contribution is 0.602. The number of imidazole rings is 1. The summed E-state index contributed by atoms with van der Waals surface area (Å²) in [4.78, 5) is 4.98. The van der Waals surface area contributed by atoms with Crippen LogP contribution in [-0.4, -0.2) is 24.2 Å². The third-order valence-electron chi connectivity index (χ3n) is 4.49. The van der Waals surface area contributed by atoms with Gasteiger partial charge in [-0.1, -0.05) is 11.6 Å². The van der Waals surface area contributed by atoms with Gasteiger partial charge in [-0.2, -0.15) is 0 Å². The fraction of sp³-hybridized carbons (Fsp3) is 0.0455. The maximum Gasteiger partial charge on any atom is 0.175 e. The summed E-state index contributed by atoms with van der Waals surface area (Å²) < 4.78 is 38.7. The Morgan fingerprint density at radius 3 is 2.03 bits per heavy atom. The minimum Gasteiger partial charge on any atom is -0.299 e. The molecule has 0 spiro atoms. The Morgan fingerprint density at radius 2 is 1.45 bits per heavy atom. The smallest absolute Gasteiger partial charge is 0.175 e. The number of hydrogen-bond acceptors (Lipinski definition) is 3. The predicted octanol–water partition coefficient (Wildman–Crippen LogP) is 5.40. The molecular weight excluding hydrogens is 411 g/mol. The topological polar surface area (TPSA) is 52.0 Å². The van der Waals surface area contributed by atoms with Crippen LogP contribution in [0.3, 0.4) is 0 Å². The number of nitrogens with zero attached hydrogens (tertiary/aromatic N) is 2. The lowest BCUT2D eigenvalue weighted by atomic mass is 10.2. The van der Waals surface area contributed by atoms with E-state index in [9.17, 15) is 12.8 Å². The molecule has 146 valence electrons. The molecule has 0 saturated heterocycles. The van der Waals surface area contributed by atoms with Gasteiger partial charge in [0.15, 0.2) is 9.84 Å². The Kier molecular flexibility index (Phi) is 4.98. The quantitative estimate of drug-likeness (QED) is 0.439. The summed E-state index contributed by atoms with van der Waals surface area (Å²) in [7, 11) is -3.29. The van der Waals surface area contributed by atoms with Crippen LogP contribution >= 0.6 is 11.6 Å². The van der Waals surface area contributed by atoms with E-state index in [2.05, 4.69) is 0 Å². The van der Waals surface area contributed by atoms with Crippen molar-refractivity contribution < 1.29 is 12.8 Å². The van der Waals surface area contributed by atoms with Crippen LogP contribution in [0, 0.1) is 5.82 Å². The normalized spacial score (nSPS) is 11.6. The van der Waals surface area contributed by atoms with Crippen LogP contribution in [0.1, 0.15) is 0 Å². The van der Waals surface area contributed by atoms with E-state index >= 15 is 0 Å². The van der Waals surface area contributed by atoms with Crippen LogP contribution in [0.25, 0.3) is 28.3 Å². The maximum absolute atomic E-state index is 13.3. The first-order chi connectivity index (χ1) is 13.8. The first-order valence-corrected chi connectivity index (χ1v) is 11.0. The van der Waals surface area contributed by atoms with Gasteiger partial charge in [0, 0.05) is 34.3 Å². The summed E-state index contributed by atoms with van der Waals surface area (Å²) in [6.07, 6.45) is 3.01. The van der Waals surface area contributed by atoms with Crippen molar-refractivity contribution in [3.63, 3.8) is 0 Å². The summed E-state index contributed by atoms with van der Waals surface area (Å²) >= 11 is 6.01. The Balaban J connectivity index is 1.86. The molecule has 0 aliphatic carbocycles. The molecule has 0 N–H and O–H groups in total. The van der Waals surface area contributed by atoms with E-state index in [-0.39, 0.29) is 10.7 Å². The fourth-order valence-corrected chi connectivity index (χ4v) is 3.75. The molecule has 0 aliphatic rings. The number of aromatic nitrogens is 2. The second kappa shape index (κ2) is 7.46. The molecule has 29 heavy (non-hydrogen) atoms. The zero-order valence-electron chi connectivity index (χ0n) is 15.4. The standard InChI is InChI=1S/C22H16ClFN2O2S/c1-29(27,28)20-12-10-19(11-13-20)26-14-21(15-4-8-18(24)9-5-15)25-22(26)16-2-6-17(23)7-3-16/h2-14H,1H3. The molecule has 4 aromatic rings. The van der Waals surface area contributed by atoms with Crippen molar-refractivity contribution in [2.75, 3.05) is 6.26 Å². The van der Waals surface area contributed by atoms with E-state index in [4.69, 9.17) is 16.6 Å². The number of benzene rings is 3. The van der Waals surface area contributed by atoms with E-state index < -0.39 is 9.84 Å². The van der Waals surface area contributed by atoms with Crippen LogP contribution in [0.5, 0.6) is 0 Å². The molecule has 0 unspecified atom stereocenters. The van der Waals surface area contributed by atoms with Gasteiger partial charge < -0.3 is 0 Å². The van der Waals surface area contributed by atoms with Gasteiger partial charge in [-0.3, -0.25) is 4.57 Å². The van der Waals surface area contributed by atoms with Gasteiger partial charge in [-0.25, -0.2) is 17.8 Å². The molecule has 0 atom stereocenters. The monoisotopic (exact) mass is 426 g/mol. The van der Waals surface area contributed by atoms with Crippen molar-refractivity contribution in [2.24, 2.45) is 0 Å². The predicted molar refractivity (Wildman–Crippen MR) is 113 cm³/mol. The SMILES string of the molecule is CS(=O)(=O)c1ccc(-n2cc(-c3ccc(F)cc3)nc2-c2ccc(Cl)cc2)cc1. The average molecular weight is 427 g/mol. The first-order valence-electron chi connectivity index (χ1n) is 8.73. The summed E-state index contributed by atoms with van der Waals surface area (Å²) in [6.45, 7) is 0. The molecule has 0 saturated carbocycles. The lowest BCUT2D eigenvalue weighted by Crippen LogP contribution is -1.99. The summed E-state index contributed by atoms with van der Waals surface area (Å²) in [5.41, 5.74) is 3.04. The molecule has 0 aliphatic heterocycles. The number of sulfone groups is 1. The Hall–Kier alpha value is -2.96. The molecule has 1 aromatic heterocycles. The number of rotatable bonds is 4. The van der Waals surface area contributed by atoms with Crippen molar-refractivity contribution in [3.8, 4) is 28.3 Å². The van der Waals surface area contributed by atoms with Crippen molar-refractivity contribution in [2.45, 2.75) is 4.90 Å². The van der Waals surface area contributed by atoms with Crippen LogP contribution in [0.4, 0.5) is 4.39 Å². The van der Waals surface area contributed by atoms with Gasteiger partial charge in [-0.05, 0) is 72.8 Å². The molecule has 1 heterocycles. The zero-order chi connectivity index (χ0) is 20.6. The third-order valence-corrected chi connectivity index (χ3v) is 5.87. The zero-order valence-corrected chi connectivity index (χ0v) is 17.0. The lowest BCUT2D eigenvalue weighted by Gasteiger charge is -2.09. The number of halogens is 2. The second-order valence-corrected chi connectivity index (χ2v) is 9.05. The molecule has 4 rings (SSSR count). The van der Waals surface area contributed by atoms with Gasteiger partial charge in [0.2, 0.25) is 0 Å². The highest BCUT2D eigenvalue weighted by Crippen LogP contribution is 2.29. The van der Waals surface area contributed by atoms with Gasteiger partial charge in [0.1, 0.15) is 11.6 Å². The highest BCUT2D eigenvalue weighted by molar-refractivity contribution is 7.90. The second-order valence-electron chi connectivity index (χ2n) is 6.60. The van der Waals surface area contributed by atoms with Crippen LogP contribution in [0.2, 0.25) is 5.02 Å². The Morgan fingerprint density at radius 1 is 0.862 bits per heavy atom. The van der Waals surface area contributed by atoms with Crippen LogP contribution in [-0.2, 0) is 9.84 Å². The van der Waals surface area contributed by atoms with E-state index in [1.165, 1.54) is 18.4 Å². The molecular formula is C22H16ClFN2O2S. The van der Waals surface area contributed by atoms with Crippen molar-refractivity contribution in [1.82, 2.24) is 9.55 Å². The molecule has 0 fully saturated rings. The molecule has 4 nitrogen and oxygen atoms in total. The van der Waals surface area contributed by atoms with E-state index in [1.54, 1.807) is 48.5 Å². The van der Waals surface area contributed by atoms with E-state index in [1.807, 2.05) is 22.9 Å². The average Bonchev–Trinajstić information content (AvgIpc) is 3.14. The minimum atomic E-state index is -3.29. The highest BCUT2D eigenvalue weighted by atomic mass is 35.5. The highest BCUT2D eigenvalue weighted by Gasteiger charge is 2.14. The molecule has 7 heteroatoms. The van der Waals surface area contributed by atoms with Crippen molar-refractivity contribution in [3.05, 3.63) is 89.8 Å². The summed E-state index contributed by atoms with van der Waals surface area (Å²) in [5.74, 6) is 0.343. The summed E-state index contributed by atoms with van der Waals surface area (Å²) in [6, 6.07) is 20.0. The van der Waals surface area contributed by atoms with Gasteiger partial charge in [0.05, 0.1) is 10.6 Å². The Bertz CT molecular complexity index is 1260. The summed E-state index contributed by atoms with van der Waals surface area (Å²) in [5, 5.41) is 0.614. The van der Waals surface area contributed by atoms with Crippen molar-refractivity contribution in [1.29, 1.82) is 0 Å². The van der Waals surface area contributed by atoms with Gasteiger partial charge >= 0.3 is 0 Å². The van der Waals surface area contributed by atoms with E-state index in [0.717, 1.165) is 16.8 Å². The largest absolute Gasteiger partial charge is 0.299 e. The first kappa shape index (κ1) is 19.4. The third kappa shape index (κ3) is 4.09. The molecule has 0 bridgehead atoms. The van der Waals surface area contributed by atoms with Crippen LogP contribution < -0.4 is 0 Å². The number of hydrogen-bond donors (Lipinski definition) is 0. The van der Waals surface area contributed by atoms with Gasteiger partial charge in [-0.15, -0.1) is 0 Å². The van der Waals surface area contributed by atoms with E-state index in [0.29, 0.717) is 16.5 Å². The van der Waals surface area contributed by atoms with Crippen LogP contribution in [0.15, 0.2) is 83.9 Å². The Labute approximate surface area is 173 Å². The molecule has 3 aromatic carbocycles. The maximum atomic E-state index is 13.3. The van der Waals surface area contributed by atoms with Crippen molar-refractivity contribution >= 4 is 21.4 Å². The molecule has 0 amide bonds. The minimum absolute atomic E-state index is 0.244.